The number of hydrogen-bond acceptors (Lipinski definition) is 6. The Balaban J connectivity index is 0.896. The highest BCUT2D eigenvalue weighted by Crippen LogP contribution is 2.36. The zero-order valence-corrected chi connectivity index (χ0v) is 35.0. The normalized spacial score (nSPS) is 17.3. The molecule has 3 N–H and O–H groups in total. The zero-order valence-electron chi connectivity index (χ0n) is 35.0. The van der Waals surface area contributed by atoms with Crippen molar-refractivity contribution in [3.05, 3.63) is 155 Å². The van der Waals surface area contributed by atoms with Crippen LogP contribution in [0.25, 0.3) is 22.5 Å². The third-order valence-corrected chi connectivity index (χ3v) is 11.4. The summed E-state index contributed by atoms with van der Waals surface area (Å²) in [7, 11) is 0. The second kappa shape index (κ2) is 17.7. The lowest BCUT2D eigenvalue weighted by molar-refractivity contribution is -0.135. The fraction of sp³-hybridized carbons (Fsp3) is 0.300. The SMILES string of the molecule is C[C@@H](C(=O)N1CCC[C@H]1c1ncc(-c2ccc(C#Cc3ccc(-c4cc([C@@H]5CCCN5C(=O)[C@H](NC(=O)OC(C)(C)C)c5ccccc5)[nH]n4)cc3)cc2)[nH]1)c1ccccc1. The summed E-state index contributed by atoms with van der Waals surface area (Å²) < 4.78 is 5.51. The van der Waals surface area contributed by atoms with Crippen LogP contribution in [0.15, 0.2) is 121 Å². The number of H-pyrrole nitrogens is 2. The van der Waals surface area contributed by atoms with E-state index in [1.54, 1.807) is 20.8 Å². The molecule has 0 spiro atoms. The number of alkyl carbamates (subject to hydrolysis) is 1. The van der Waals surface area contributed by atoms with Gasteiger partial charge in [-0.3, -0.25) is 14.7 Å². The van der Waals surface area contributed by atoms with Crippen molar-refractivity contribution in [2.75, 3.05) is 13.1 Å². The van der Waals surface area contributed by atoms with Crippen LogP contribution in [0.2, 0.25) is 0 Å². The van der Waals surface area contributed by atoms with Crippen molar-refractivity contribution in [3.8, 4) is 34.4 Å². The maximum Gasteiger partial charge on any atom is 0.408 e. The van der Waals surface area contributed by atoms with Gasteiger partial charge in [0.15, 0.2) is 0 Å². The maximum atomic E-state index is 14.1. The van der Waals surface area contributed by atoms with Gasteiger partial charge in [-0.2, -0.15) is 5.10 Å². The number of carbonyl (C=O) groups is 3. The van der Waals surface area contributed by atoms with Crippen molar-refractivity contribution in [1.29, 1.82) is 0 Å². The molecule has 310 valence electrons. The van der Waals surface area contributed by atoms with Crippen LogP contribution in [-0.2, 0) is 14.3 Å². The van der Waals surface area contributed by atoms with Crippen molar-refractivity contribution in [3.63, 3.8) is 0 Å². The molecule has 6 aromatic rings. The average Bonchev–Trinajstić information content (AvgIpc) is 4.12. The average molecular weight is 814 g/mol. The highest BCUT2D eigenvalue weighted by atomic mass is 16.6. The number of nitrogens with one attached hydrogen (secondary N) is 3. The Kier molecular flexibility index (Phi) is 11.9. The quantitative estimate of drug-likeness (QED) is 0.125. The van der Waals surface area contributed by atoms with Gasteiger partial charge in [-0.15, -0.1) is 0 Å². The Morgan fingerprint density at radius 1 is 0.754 bits per heavy atom. The molecule has 0 radical (unpaired) electrons. The molecule has 2 aromatic heterocycles. The van der Waals surface area contributed by atoms with Crippen LogP contribution in [0.3, 0.4) is 0 Å². The number of likely N-dealkylation sites (tertiary alicyclic amines) is 2. The number of imidazole rings is 1. The molecule has 4 heterocycles. The highest BCUT2D eigenvalue weighted by molar-refractivity contribution is 5.87. The van der Waals surface area contributed by atoms with E-state index in [0.29, 0.717) is 12.1 Å². The molecule has 2 aliphatic heterocycles. The van der Waals surface area contributed by atoms with Crippen LogP contribution in [0.1, 0.15) is 111 Å². The largest absolute Gasteiger partial charge is 0.444 e. The van der Waals surface area contributed by atoms with E-state index in [2.05, 4.69) is 32.3 Å². The number of ether oxygens (including phenoxy) is 1. The Morgan fingerprint density at radius 3 is 1.95 bits per heavy atom. The lowest BCUT2D eigenvalue weighted by Crippen LogP contribution is -2.44. The summed E-state index contributed by atoms with van der Waals surface area (Å²) in [6, 6.07) is 36.1. The first-order valence-corrected chi connectivity index (χ1v) is 21.0. The molecule has 0 aliphatic carbocycles. The summed E-state index contributed by atoms with van der Waals surface area (Å²) in [6.07, 6.45) is 4.64. The second-order valence-corrected chi connectivity index (χ2v) is 16.8. The van der Waals surface area contributed by atoms with Gasteiger partial charge in [0.25, 0.3) is 0 Å². The van der Waals surface area contributed by atoms with Gasteiger partial charge in [0.05, 0.1) is 41.3 Å². The van der Waals surface area contributed by atoms with E-state index in [0.717, 1.165) is 83.0 Å². The fourth-order valence-electron chi connectivity index (χ4n) is 8.24. The summed E-state index contributed by atoms with van der Waals surface area (Å²) in [5.74, 6) is 7.09. The predicted molar refractivity (Wildman–Crippen MR) is 235 cm³/mol. The first-order chi connectivity index (χ1) is 29.5. The van der Waals surface area contributed by atoms with E-state index in [4.69, 9.17) is 9.72 Å². The summed E-state index contributed by atoms with van der Waals surface area (Å²) in [5.41, 5.74) is 7.21. The van der Waals surface area contributed by atoms with E-state index in [1.807, 2.05) is 138 Å². The third kappa shape index (κ3) is 9.44. The van der Waals surface area contributed by atoms with Gasteiger partial charge in [0.2, 0.25) is 11.8 Å². The van der Waals surface area contributed by atoms with Crippen LogP contribution in [-0.4, -0.2) is 66.6 Å². The Morgan fingerprint density at radius 2 is 1.33 bits per heavy atom. The van der Waals surface area contributed by atoms with E-state index >= 15 is 0 Å². The molecule has 61 heavy (non-hydrogen) atoms. The number of hydrogen-bond donors (Lipinski definition) is 3. The van der Waals surface area contributed by atoms with Crippen LogP contribution in [0.4, 0.5) is 4.79 Å². The Hall–Kier alpha value is -6.93. The van der Waals surface area contributed by atoms with E-state index in [9.17, 15) is 14.4 Å². The minimum Gasteiger partial charge on any atom is -0.444 e. The fourth-order valence-corrected chi connectivity index (χ4v) is 8.24. The Labute approximate surface area is 356 Å². The van der Waals surface area contributed by atoms with Crippen molar-refractivity contribution < 1.29 is 19.1 Å². The van der Waals surface area contributed by atoms with E-state index in [-0.39, 0.29) is 29.8 Å². The standard InChI is InChI=1S/C50H51N7O4/c1-33(36-13-7-5-8-14-36)47(58)57-30-12-18-44(57)46-51-32-42(52-46)38-27-23-35(24-28-38)20-19-34-21-25-37(26-22-34)40-31-41(55-54-40)43-17-11-29-56(43)48(59)45(39-15-9-6-10-16-39)53-49(60)61-50(2,3)4/h5-10,13-16,21-28,31-33,43-45H,11-12,17-18,29-30H2,1-4H3,(H,51,52)(H,53,60)(H,54,55)/t33-,43+,44+,45-/m1/s1. The number of rotatable bonds is 9. The van der Waals surface area contributed by atoms with Gasteiger partial charge in [0.1, 0.15) is 17.5 Å². The second-order valence-electron chi connectivity index (χ2n) is 16.8. The minimum atomic E-state index is -0.891. The highest BCUT2D eigenvalue weighted by Gasteiger charge is 2.37. The number of nitrogens with zero attached hydrogens (tertiary/aromatic N) is 4. The number of aromatic amines is 2. The molecule has 4 atom stereocenters. The van der Waals surface area contributed by atoms with E-state index < -0.39 is 17.7 Å². The third-order valence-electron chi connectivity index (χ3n) is 11.4. The monoisotopic (exact) mass is 813 g/mol. The van der Waals surface area contributed by atoms with Gasteiger partial charge in [0, 0.05) is 29.8 Å². The van der Waals surface area contributed by atoms with Crippen LogP contribution < -0.4 is 5.32 Å². The molecule has 0 bridgehead atoms. The molecule has 11 heteroatoms. The van der Waals surface area contributed by atoms with Gasteiger partial charge in [-0.05, 0) is 100 Å². The smallest absolute Gasteiger partial charge is 0.408 e. The van der Waals surface area contributed by atoms with Crippen molar-refractivity contribution in [2.45, 2.75) is 83.0 Å². The molecule has 0 saturated carbocycles. The molecule has 8 rings (SSSR count). The molecular weight excluding hydrogens is 763 g/mol. The van der Waals surface area contributed by atoms with Crippen LogP contribution >= 0.6 is 0 Å². The van der Waals surface area contributed by atoms with Gasteiger partial charge >= 0.3 is 6.09 Å². The minimum absolute atomic E-state index is 0.0677. The van der Waals surface area contributed by atoms with Gasteiger partial charge in [-0.1, -0.05) is 96.8 Å². The maximum absolute atomic E-state index is 14.1. The molecule has 0 unspecified atom stereocenters. The number of benzene rings is 4. The molecular formula is C50H51N7O4. The predicted octanol–water partition coefficient (Wildman–Crippen LogP) is 9.26. The summed E-state index contributed by atoms with van der Waals surface area (Å²) in [6.45, 7) is 8.65. The summed E-state index contributed by atoms with van der Waals surface area (Å²) >= 11 is 0. The molecule has 2 saturated heterocycles. The van der Waals surface area contributed by atoms with Crippen molar-refractivity contribution in [2.24, 2.45) is 0 Å². The first kappa shape index (κ1) is 40.8. The molecule has 3 amide bonds. The van der Waals surface area contributed by atoms with Crippen LogP contribution in [0.5, 0.6) is 0 Å². The van der Waals surface area contributed by atoms with Gasteiger partial charge < -0.3 is 24.8 Å². The summed E-state index contributed by atoms with van der Waals surface area (Å²) in [4.78, 5) is 52.5. The van der Waals surface area contributed by atoms with Crippen molar-refractivity contribution >= 4 is 17.9 Å². The zero-order chi connectivity index (χ0) is 42.5. The molecule has 2 aliphatic rings. The number of aromatic nitrogens is 4. The number of carbonyl (C=O) groups excluding carboxylic acids is 3. The molecule has 4 aromatic carbocycles. The van der Waals surface area contributed by atoms with Crippen molar-refractivity contribution in [1.82, 2.24) is 35.3 Å². The number of amides is 3. The lowest BCUT2D eigenvalue weighted by atomic mass is 9.99. The first-order valence-electron chi connectivity index (χ1n) is 21.0. The van der Waals surface area contributed by atoms with E-state index in [1.165, 1.54) is 0 Å². The van der Waals surface area contributed by atoms with Gasteiger partial charge in [-0.25, -0.2) is 9.78 Å². The van der Waals surface area contributed by atoms with Crippen LogP contribution in [0, 0.1) is 11.8 Å². The lowest BCUT2D eigenvalue weighted by Gasteiger charge is -2.29. The molecule has 11 nitrogen and oxygen atoms in total. The topological polar surface area (TPSA) is 136 Å². The molecule has 2 fully saturated rings. The summed E-state index contributed by atoms with van der Waals surface area (Å²) in [5, 5.41) is 10.6. The Bertz CT molecular complexity index is 2530.